The molecular weight excluding hydrogens is 240 g/mol. The fourth-order valence-electron chi connectivity index (χ4n) is 1.96. The molecule has 0 aliphatic carbocycles. The number of anilines is 1. The third kappa shape index (κ3) is 3.45. The minimum Gasteiger partial charge on any atom is -0.359 e. The molecule has 0 bridgehead atoms. The molecule has 1 aromatic carbocycles. The van der Waals surface area contributed by atoms with Gasteiger partial charge in [0.2, 0.25) is 0 Å². The van der Waals surface area contributed by atoms with Crippen molar-refractivity contribution in [3.05, 3.63) is 23.8 Å². The van der Waals surface area contributed by atoms with Crippen LogP contribution in [0.15, 0.2) is 18.2 Å². The molecule has 0 saturated carbocycles. The highest BCUT2D eigenvalue weighted by atomic mass is 32.1. The van der Waals surface area contributed by atoms with Crippen molar-refractivity contribution < 1.29 is 0 Å². The first kappa shape index (κ1) is 13.3. The number of nitrogens with one attached hydrogen (secondary N) is 1. The highest BCUT2D eigenvalue weighted by molar-refractivity contribution is 7.22. The molecule has 0 fully saturated rings. The topological polar surface area (TPSA) is 24.9 Å². The second-order valence-electron chi connectivity index (χ2n) is 5.51. The Morgan fingerprint density at radius 1 is 1.22 bits per heavy atom. The van der Waals surface area contributed by atoms with Gasteiger partial charge in [-0.25, -0.2) is 4.98 Å². The van der Waals surface area contributed by atoms with Gasteiger partial charge < -0.3 is 5.32 Å². The predicted octanol–water partition coefficient (Wildman–Crippen LogP) is 4.84. The zero-order valence-electron chi connectivity index (χ0n) is 11.7. The maximum Gasteiger partial charge on any atom is 0.183 e. The smallest absolute Gasteiger partial charge is 0.183 e. The molecule has 0 aliphatic heterocycles. The first-order chi connectivity index (χ1) is 8.54. The van der Waals surface area contributed by atoms with E-state index in [4.69, 9.17) is 0 Å². The van der Waals surface area contributed by atoms with Gasteiger partial charge in [0.25, 0.3) is 0 Å². The molecular formula is C15H22N2S. The van der Waals surface area contributed by atoms with Crippen LogP contribution >= 0.6 is 11.3 Å². The lowest BCUT2D eigenvalue weighted by atomic mass is 10.0. The van der Waals surface area contributed by atoms with Crippen LogP contribution in [0, 0.1) is 12.8 Å². The van der Waals surface area contributed by atoms with E-state index in [1.54, 1.807) is 11.3 Å². The summed E-state index contributed by atoms with van der Waals surface area (Å²) in [5.41, 5.74) is 2.40. The van der Waals surface area contributed by atoms with Crippen molar-refractivity contribution in [3.63, 3.8) is 0 Å². The molecule has 1 N–H and O–H groups in total. The average molecular weight is 262 g/mol. The van der Waals surface area contributed by atoms with Crippen molar-refractivity contribution in [2.75, 3.05) is 5.32 Å². The molecule has 0 spiro atoms. The molecule has 1 atom stereocenters. The zero-order valence-corrected chi connectivity index (χ0v) is 12.5. The summed E-state index contributed by atoms with van der Waals surface area (Å²) in [6.45, 7) is 8.90. The van der Waals surface area contributed by atoms with E-state index in [1.165, 1.54) is 23.1 Å². The van der Waals surface area contributed by atoms with Gasteiger partial charge in [-0.2, -0.15) is 0 Å². The Balaban J connectivity index is 2.03. The van der Waals surface area contributed by atoms with Gasteiger partial charge in [0, 0.05) is 6.04 Å². The fraction of sp³-hybridized carbons (Fsp3) is 0.533. The monoisotopic (exact) mass is 262 g/mol. The summed E-state index contributed by atoms with van der Waals surface area (Å²) < 4.78 is 1.27. The van der Waals surface area contributed by atoms with E-state index in [1.807, 2.05) is 0 Å². The number of fused-ring (bicyclic) bond motifs is 1. The number of aryl methyl sites for hydroxylation is 1. The van der Waals surface area contributed by atoms with E-state index < -0.39 is 0 Å². The highest BCUT2D eigenvalue weighted by Gasteiger charge is 2.08. The molecule has 0 aliphatic rings. The molecule has 0 saturated heterocycles. The van der Waals surface area contributed by atoms with Crippen molar-refractivity contribution in [1.82, 2.24) is 4.98 Å². The van der Waals surface area contributed by atoms with E-state index in [0.717, 1.165) is 16.6 Å². The number of nitrogens with zero attached hydrogens (tertiary/aromatic N) is 1. The second kappa shape index (κ2) is 5.70. The van der Waals surface area contributed by atoms with Crippen LogP contribution in [0.5, 0.6) is 0 Å². The Morgan fingerprint density at radius 2 is 2.00 bits per heavy atom. The van der Waals surface area contributed by atoms with Crippen LogP contribution in [-0.2, 0) is 0 Å². The molecule has 0 amide bonds. The summed E-state index contributed by atoms with van der Waals surface area (Å²) in [6.07, 6.45) is 2.46. The predicted molar refractivity (Wildman–Crippen MR) is 81.5 cm³/mol. The highest BCUT2D eigenvalue weighted by Crippen LogP contribution is 2.27. The Bertz CT molecular complexity index is 516. The van der Waals surface area contributed by atoms with Crippen molar-refractivity contribution in [2.45, 2.75) is 46.6 Å². The molecule has 2 nitrogen and oxygen atoms in total. The molecule has 3 heteroatoms. The Kier molecular flexibility index (Phi) is 4.23. The standard InChI is InChI=1S/C15H22N2S/c1-10(2)5-7-12(4)16-15-17-13-8-6-11(3)9-14(13)18-15/h6,8-10,12H,5,7H2,1-4H3,(H,16,17). The quantitative estimate of drug-likeness (QED) is 0.834. The number of rotatable bonds is 5. The van der Waals surface area contributed by atoms with Crippen molar-refractivity contribution in [3.8, 4) is 0 Å². The van der Waals surface area contributed by atoms with E-state index in [9.17, 15) is 0 Å². The fourth-order valence-corrected chi connectivity index (χ4v) is 3.04. The lowest BCUT2D eigenvalue weighted by Crippen LogP contribution is -2.15. The van der Waals surface area contributed by atoms with Crippen LogP contribution in [-0.4, -0.2) is 11.0 Å². The van der Waals surface area contributed by atoms with Crippen molar-refractivity contribution in [1.29, 1.82) is 0 Å². The Morgan fingerprint density at radius 3 is 2.72 bits per heavy atom. The van der Waals surface area contributed by atoms with Crippen molar-refractivity contribution >= 4 is 26.7 Å². The third-order valence-electron chi connectivity index (χ3n) is 3.09. The SMILES string of the molecule is Cc1ccc2nc(NC(C)CCC(C)C)sc2c1. The summed E-state index contributed by atoms with van der Waals surface area (Å²) in [4.78, 5) is 4.63. The number of aromatic nitrogens is 1. The Hall–Kier alpha value is -1.09. The molecule has 2 aromatic rings. The maximum absolute atomic E-state index is 4.63. The maximum atomic E-state index is 4.63. The van der Waals surface area contributed by atoms with Gasteiger partial charge in [0.05, 0.1) is 10.2 Å². The largest absolute Gasteiger partial charge is 0.359 e. The van der Waals surface area contributed by atoms with Gasteiger partial charge in [-0.1, -0.05) is 31.3 Å². The van der Waals surface area contributed by atoms with Gasteiger partial charge in [-0.05, 0) is 50.3 Å². The van der Waals surface area contributed by atoms with Gasteiger partial charge in [0.15, 0.2) is 5.13 Å². The minimum absolute atomic E-state index is 0.494. The number of benzene rings is 1. The van der Waals surface area contributed by atoms with Crippen LogP contribution in [0.3, 0.4) is 0 Å². The first-order valence-electron chi connectivity index (χ1n) is 6.68. The van der Waals surface area contributed by atoms with Crippen LogP contribution in [0.2, 0.25) is 0 Å². The summed E-state index contributed by atoms with van der Waals surface area (Å²) in [5, 5.41) is 4.56. The van der Waals surface area contributed by atoms with E-state index in [2.05, 4.69) is 56.2 Å². The van der Waals surface area contributed by atoms with Crippen molar-refractivity contribution in [2.24, 2.45) is 5.92 Å². The van der Waals surface area contributed by atoms with E-state index >= 15 is 0 Å². The third-order valence-corrected chi connectivity index (χ3v) is 4.04. The van der Waals surface area contributed by atoms with Crippen LogP contribution in [0.25, 0.3) is 10.2 Å². The van der Waals surface area contributed by atoms with Gasteiger partial charge >= 0.3 is 0 Å². The first-order valence-corrected chi connectivity index (χ1v) is 7.50. The number of thiazole rings is 1. The molecule has 1 aromatic heterocycles. The summed E-state index contributed by atoms with van der Waals surface area (Å²) >= 11 is 1.75. The number of hydrogen-bond donors (Lipinski definition) is 1. The lowest BCUT2D eigenvalue weighted by molar-refractivity contribution is 0.527. The van der Waals surface area contributed by atoms with E-state index in [0.29, 0.717) is 6.04 Å². The lowest BCUT2D eigenvalue weighted by Gasteiger charge is -2.13. The molecule has 2 rings (SSSR count). The summed E-state index contributed by atoms with van der Waals surface area (Å²) in [6, 6.07) is 6.92. The molecule has 18 heavy (non-hydrogen) atoms. The molecule has 1 heterocycles. The molecule has 1 unspecified atom stereocenters. The molecule has 0 radical (unpaired) electrons. The van der Waals surface area contributed by atoms with Gasteiger partial charge in [-0.3, -0.25) is 0 Å². The Labute approximate surface area is 113 Å². The normalized spacial score (nSPS) is 13.2. The van der Waals surface area contributed by atoms with E-state index in [-0.39, 0.29) is 0 Å². The second-order valence-corrected chi connectivity index (χ2v) is 6.54. The number of hydrogen-bond acceptors (Lipinski definition) is 3. The van der Waals surface area contributed by atoms with Crippen LogP contribution in [0.4, 0.5) is 5.13 Å². The summed E-state index contributed by atoms with van der Waals surface area (Å²) in [5.74, 6) is 0.771. The van der Waals surface area contributed by atoms with Crippen LogP contribution in [0.1, 0.15) is 39.2 Å². The van der Waals surface area contributed by atoms with Gasteiger partial charge in [0.1, 0.15) is 0 Å². The van der Waals surface area contributed by atoms with Crippen LogP contribution < -0.4 is 5.32 Å². The summed E-state index contributed by atoms with van der Waals surface area (Å²) in [7, 11) is 0. The zero-order chi connectivity index (χ0) is 13.1. The van der Waals surface area contributed by atoms with Gasteiger partial charge in [-0.15, -0.1) is 0 Å². The molecule has 98 valence electrons. The minimum atomic E-state index is 0.494. The average Bonchev–Trinajstić information content (AvgIpc) is 2.67.